The summed E-state index contributed by atoms with van der Waals surface area (Å²) in [5, 5.41) is 11.1. The van der Waals surface area contributed by atoms with Crippen LogP contribution in [0.4, 0.5) is 0 Å². The fraction of sp³-hybridized carbons (Fsp3) is 0.667. The average Bonchev–Trinajstić information content (AvgIpc) is 2.14. The standard InChI is InChI=1S/C9H16N2O4/c1-4-7(9(14)15)11(3)8(13)5-10-6(2)12/h7H,4-5H2,1-3H3,(H,10,12)(H,14,15). The Morgan fingerprint density at radius 3 is 2.27 bits per heavy atom. The van der Waals surface area contributed by atoms with Crippen molar-refractivity contribution in [3.8, 4) is 0 Å². The minimum Gasteiger partial charge on any atom is -0.480 e. The van der Waals surface area contributed by atoms with E-state index >= 15 is 0 Å². The molecular weight excluding hydrogens is 200 g/mol. The highest BCUT2D eigenvalue weighted by molar-refractivity contribution is 5.87. The van der Waals surface area contributed by atoms with Crippen molar-refractivity contribution in [3.05, 3.63) is 0 Å². The van der Waals surface area contributed by atoms with Gasteiger partial charge in [0.05, 0.1) is 6.54 Å². The van der Waals surface area contributed by atoms with Gasteiger partial charge in [0.25, 0.3) is 0 Å². The summed E-state index contributed by atoms with van der Waals surface area (Å²) in [7, 11) is 1.41. The normalized spacial score (nSPS) is 11.7. The summed E-state index contributed by atoms with van der Waals surface area (Å²) in [6.45, 7) is 2.80. The van der Waals surface area contributed by atoms with Crippen LogP contribution in [-0.2, 0) is 14.4 Å². The number of amides is 2. The maximum absolute atomic E-state index is 11.4. The quantitative estimate of drug-likeness (QED) is 0.645. The van der Waals surface area contributed by atoms with Gasteiger partial charge in [-0.25, -0.2) is 4.79 Å². The van der Waals surface area contributed by atoms with Crippen molar-refractivity contribution in [3.63, 3.8) is 0 Å². The maximum atomic E-state index is 11.4. The topological polar surface area (TPSA) is 86.7 Å². The van der Waals surface area contributed by atoms with Crippen LogP contribution in [0, 0.1) is 0 Å². The number of carbonyl (C=O) groups is 3. The van der Waals surface area contributed by atoms with Crippen LogP contribution in [0.15, 0.2) is 0 Å². The Kier molecular flexibility index (Phi) is 5.36. The van der Waals surface area contributed by atoms with Crippen LogP contribution in [0.25, 0.3) is 0 Å². The van der Waals surface area contributed by atoms with E-state index in [0.29, 0.717) is 6.42 Å². The summed E-state index contributed by atoms with van der Waals surface area (Å²) in [5.41, 5.74) is 0. The van der Waals surface area contributed by atoms with Gasteiger partial charge in [-0.3, -0.25) is 9.59 Å². The van der Waals surface area contributed by atoms with Crippen LogP contribution >= 0.6 is 0 Å². The van der Waals surface area contributed by atoms with E-state index in [0.717, 1.165) is 4.90 Å². The average molecular weight is 216 g/mol. The smallest absolute Gasteiger partial charge is 0.326 e. The van der Waals surface area contributed by atoms with E-state index < -0.39 is 17.9 Å². The van der Waals surface area contributed by atoms with Gasteiger partial charge < -0.3 is 15.3 Å². The largest absolute Gasteiger partial charge is 0.480 e. The molecule has 0 aromatic rings. The second-order valence-electron chi connectivity index (χ2n) is 3.18. The number of hydrogen-bond acceptors (Lipinski definition) is 3. The van der Waals surface area contributed by atoms with Crippen molar-refractivity contribution >= 4 is 17.8 Å². The van der Waals surface area contributed by atoms with Gasteiger partial charge in [0.1, 0.15) is 6.04 Å². The van der Waals surface area contributed by atoms with Crippen molar-refractivity contribution in [2.24, 2.45) is 0 Å². The zero-order valence-electron chi connectivity index (χ0n) is 9.11. The van der Waals surface area contributed by atoms with Crippen molar-refractivity contribution in [2.45, 2.75) is 26.3 Å². The summed E-state index contributed by atoms with van der Waals surface area (Å²) >= 11 is 0. The van der Waals surface area contributed by atoms with Crippen molar-refractivity contribution in [1.82, 2.24) is 10.2 Å². The predicted octanol–water partition coefficient (Wildman–Crippen LogP) is -0.556. The zero-order valence-corrected chi connectivity index (χ0v) is 9.11. The van der Waals surface area contributed by atoms with Crippen molar-refractivity contribution < 1.29 is 19.5 Å². The number of nitrogens with zero attached hydrogens (tertiary/aromatic N) is 1. The van der Waals surface area contributed by atoms with Crippen LogP contribution in [0.1, 0.15) is 20.3 Å². The molecule has 0 aliphatic heterocycles. The molecule has 0 aromatic heterocycles. The predicted molar refractivity (Wildman–Crippen MR) is 53.2 cm³/mol. The zero-order chi connectivity index (χ0) is 12.0. The van der Waals surface area contributed by atoms with E-state index in [9.17, 15) is 14.4 Å². The first-order chi connectivity index (χ1) is 6.90. The molecule has 0 rings (SSSR count). The fourth-order valence-corrected chi connectivity index (χ4v) is 1.11. The van der Waals surface area contributed by atoms with Gasteiger partial charge in [-0.15, -0.1) is 0 Å². The number of carboxylic acids is 1. The van der Waals surface area contributed by atoms with E-state index in [1.54, 1.807) is 6.92 Å². The SMILES string of the molecule is CCC(C(=O)O)N(C)C(=O)CNC(C)=O. The van der Waals surface area contributed by atoms with E-state index in [4.69, 9.17) is 5.11 Å². The van der Waals surface area contributed by atoms with Crippen LogP contribution in [0.5, 0.6) is 0 Å². The van der Waals surface area contributed by atoms with Gasteiger partial charge in [-0.1, -0.05) is 6.92 Å². The summed E-state index contributed by atoms with van der Waals surface area (Å²) < 4.78 is 0. The highest BCUT2D eigenvalue weighted by Crippen LogP contribution is 2.01. The van der Waals surface area contributed by atoms with E-state index in [1.807, 2.05) is 0 Å². The molecule has 1 unspecified atom stereocenters. The molecule has 86 valence electrons. The third-order valence-electron chi connectivity index (χ3n) is 2.02. The van der Waals surface area contributed by atoms with Gasteiger partial charge in [0.2, 0.25) is 11.8 Å². The first-order valence-corrected chi connectivity index (χ1v) is 4.63. The Labute approximate surface area is 88.2 Å². The monoisotopic (exact) mass is 216 g/mol. The first kappa shape index (κ1) is 13.4. The molecule has 0 heterocycles. The third-order valence-corrected chi connectivity index (χ3v) is 2.02. The molecule has 2 amide bonds. The molecule has 15 heavy (non-hydrogen) atoms. The van der Waals surface area contributed by atoms with Crippen molar-refractivity contribution in [2.75, 3.05) is 13.6 Å². The molecule has 0 saturated carbocycles. The first-order valence-electron chi connectivity index (χ1n) is 4.63. The lowest BCUT2D eigenvalue weighted by molar-refractivity contribution is -0.148. The minimum atomic E-state index is -1.05. The number of carbonyl (C=O) groups excluding carboxylic acids is 2. The summed E-state index contributed by atoms with van der Waals surface area (Å²) in [5.74, 6) is -1.78. The van der Waals surface area contributed by atoms with Gasteiger partial charge in [-0.05, 0) is 6.42 Å². The van der Waals surface area contributed by atoms with Gasteiger partial charge in [0, 0.05) is 14.0 Å². The maximum Gasteiger partial charge on any atom is 0.326 e. The van der Waals surface area contributed by atoms with Gasteiger partial charge >= 0.3 is 5.97 Å². The van der Waals surface area contributed by atoms with Crippen LogP contribution < -0.4 is 5.32 Å². The molecule has 0 aliphatic carbocycles. The van der Waals surface area contributed by atoms with E-state index in [-0.39, 0.29) is 12.5 Å². The van der Waals surface area contributed by atoms with E-state index in [2.05, 4.69) is 5.32 Å². The lowest BCUT2D eigenvalue weighted by Gasteiger charge is -2.23. The van der Waals surface area contributed by atoms with Crippen LogP contribution in [0.2, 0.25) is 0 Å². The molecule has 0 spiro atoms. The molecule has 0 fully saturated rings. The summed E-state index contributed by atoms with van der Waals surface area (Å²) in [6.07, 6.45) is 0.331. The molecule has 6 nitrogen and oxygen atoms in total. The van der Waals surface area contributed by atoms with Gasteiger partial charge in [-0.2, -0.15) is 0 Å². The Morgan fingerprint density at radius 2 is 1.93 bits per heavy atom. The number of nitrogens with one attached hydrogen (secondary N) is 1. The molecule has 6 heteroatoms. The summed E-state index contributed by atoms with van der Waals surface area (Å²) in [4.78, 5) is 33.8. The van der Waals surface area contributed by atoms with Gasteiger partial charge in [0.15, 0.2) is 0 Å². The number of carboxylic acid groups (broad SMARTS) is 1. The lowest BCUT2D eigenvalue weighted by Crippen LogP contribution is -2.46. The van der Waals surface area contributed by atoms with Crippen LogP contribution in [0.3, 0.4) is 0 Å². The fourth-order valence-electron chi connectivity index (χ4n) is 1.11. The Hall–Kier alpha value is -1.59. The third kappa shape index (κ3) is 4.44. The second-order valence-corrected chi connectivity index (χ2v) is 3.18. The van der Waals surface area contributed by atoms with E-state index in [1.165, 1.54) is 14.0 Å². The lowest BCUT2D eigenvalue weighted by atomic mass is 10.2. The van der Waals surface area contributed by atoms with Crippen LogP contribution in [-0.4, -0.2) is 47.4 Å². The Balaban J connectivity index is 4.28. The summed E-state index contributed by atoms with van der Waals surface area (Å²) in [6, 6.07) is -0.841. The molecule has 0 radical (unpaired) electrons. The molecule has 0 saturated heterocycles. The number of aliphatic carboxylic acids is 1. The number of hydrogen-bond donors (Lipinski definition) is 2. The molecule has 0 aromatic carbocycles. The second kappa shape index (κ2) is 6.00. The Morgan fingerprint density at radius 1 is 1.40 bits per heavy atom. The molecule has 0 aliphatic rings. The molecular formula is C9H16N2O4. The minimum absolute atomic E-state index is 0.171. The Bertz CT molecular complexity index is 265. The highest BCUT2D eigenvalue weighted by Gasteiger charge is 2.24. The highest BCUT2D eigenvalue weighted by atomic mass is 16.4. The molecule has 2 N–H and O–H groups in total. The number of likely N-dealkylation sites (N-methyl/N-ethyl adjacent to an activating group) is 1. The molecule has 0 bridgehead atoms. The number of rotatable bonds is 5. The molecule has 1 atom stereocenters. The van der Waals surface area contributed by atoms with Crippen molar-refractivity contribution in [1.29, 1.82) is 0 Å².